The van der Waals surface area contributed by atoms with Gasteiger partial charge in [0.15, 0.2) is 16.6 Å². The number of thiazole rings is 1. The molecule has 54 heavy (non-hydrogen) atoms. The van der Waals surface area contributed by atoms with Gasteiger partial charge in [-0.2, -0.15) is 5.26 Å². The van der Waals surface area contributed by atoms with E-state index in [1.165, 1.54) is 27.8 Å². The molecule has 0 saturated carbocycles. The lowest BCUT2D eigenvalue weighted by atomic mass is 9.98. The summed E-state index contributed by atoms with van der Waals surface area (Å²) >= 11 is 1.29. The summed E-state index contributed by atoms with van der Waals surface area (Å²) in [7, 11) is 0. The molecule has 0 fully saturated rings. The molecule has 0 bridgehead atoms. The third kappa shape index (κ3) is 7.77. The molecule has 0 aliphatic carbocycles. The van der Waals surface area contributed by atoms with Gasteiger partial charge in [-0.15, -0.1) is 20.5 Å². The van der Waals surface area contributed by atoms with Crippen molar-refractivity contribution in [2.75, 3.05) is 10.6 Å². The predicted molar refractivity (Wildman–Crippen MR) is 221 cm³/mol. The molecule has 0 spiro atoms. The van der Waals surface area contributed by atoms with Crippen LogP contribution in [-0.4, -0.2) is 9.97 Å². The van der Waals surface area contributed by atoms with E-state index >= 15 is 0 Å². The number of azo groups is 2. The van der Waals surface area contributed by atoms with Gasteiger partial charge >= 0.3 is 0 Å². The smallest absolute Gasteiger partial charge is 0.232 e. The van der Waals surface area contributed by atoms with Gasteiger partial charge in [0.1, 0.15) is 17.5 Å². The van der Waals surface area contributed by atoms with Crippen LogP contribution in [0.3, 0.4) is 0 Å². The molecule has 5 aromatic carbocycles. The fourth-order valence-corrected chi connectivity index (χ4v) is 6.96. The van der Waals surface area contributed by atoms with Crippen LogP contribution in [-0.2, 0) is 0 Å². The lowest BCUT2D eigenvalue weighted by Gasteiger charge is -2.16. The maximum Gasteiger partial charge on any atom is 0.232 e. The van der Waals surface area contributed by atoms with Crippen LogP contribution in [0.1, 0.15) is 44.5 Å². The van der Waals surface area contributed by atoms with Crippen molar-refractivity contribution in [2.45, 2.75) is 48.5 Å². The third-order valence-corrected chi connectivity index (χ3v) is 10.0. The van der Waals surface area contributed by atoms with E-state index in [2.05, 4.69) is 66.9 Å². The average Bonchev–Trinajstić information content (AvgIpc) is 3.56. The summed E-state index contributed by atoms with van der Waals surface area (Å²) in [5.74, 6) is 0.862. The van der Waals surface area contributed by atoms with Crippen molar-refractivity contribution in [3.8, 4) is 17.3 Å². The van der Waals surface area contributed by atoms with Gasteiger partial charge in [-0.25, -0.2) is 9.97 Å². The van der Waals surface area contributed by atoms with Gasteiger partial charge in [0.05, 0.1) is 11.3 Å². The number of aromatic nitrogens is 2. The number of benzene rings is 5. The molecule has 2 heterocycles. The Labute approximate surface area is 319 Å². The Morgan fingerprint density at radius 1 is 0.574 bits per heavy atom. The highest BCUT2D eigenvalue weighted by molar-refractivity contribution is 7.19. The van der Waals surface area contributed by atoms with Crippen molar-refractivity contribution >= 4 is 66.6 Å². The summed E-state index contributed by atoms with van der Waals surface area (Å²) in [5.41, 5.74) is 12.3. The van der Waals surface area contributed by atoms with Crippen molar-refractivity contribution in [3.63, 3.8) is 0 Å². The molecular formula is C44H39N9S. The molecule has 266 valence electrons. The number of nitriles is 1. The van der Waals surface area contributed by atoms with E-state index in [1.807, 2.05) is 100 Å². The molecule has 0 saturated heterocycles. The molecule has 10 heteroatoms. The van der Waals surface area contributed by atoms with Crippen LogP contribution in [0.4, 0.5) is 44.5 Å². The highest BCUT2D eigenvalue weighted by Gasteiger charge is 2.20. The molecule has 0 radical (unpaired) electrons. The monoisotopic (exact) mass is 725 g/mol. The van der Waals surface area contributed by atoms with Gasteiger partial charge in [-0.3, -0.25) is 0 Å². The molecule has 0 unspecified atom stereocenters. The summed E-state index contributed by atoms with van der Waals surface area (Å²) < 4.78 is 0. The molecule has 9 nitrogen and oxygen atoms in total. The summed E-state index contributed by atoms with van der Waals surface area (Å²) in [6.45, 7) is 14.3. The van der Waals surface area contributed by atoms with Gasteiger partial charge in [-0.1, -0.05) is 94.3 Å². The number of hydrogen-bond acceptors (Lipinski definition) is 10. The predicted octanol–water partition coefficient (Wildman–Crippen LogP) is 13.7. The Hall–Kier alpha value is -6.57. The van der Waals surface area contributed by atoms with Gasteiger partial charge in [0.2, 0.25) is 5.13 Å². The van der Waals surface area contributed by atoms with E-state index in [4.69, 9.17) is 25.3 Å². The highest BCUT2D eigenvalue weighted by atomic mass is 32.1. The van der Waals surface area contributed by atoms with Gasteiger partial charge in [0.25, 0.3) is 0 Å². The Bertz CT molecular complexity index is 2610. The van der Waals surface area contributed by atoms with Crippen LogP contribution in [0, 0.1) is 59.8 Å². The third-order valence-electron chi connectivity index (χ3n) is 9.18. The molecule has 0 amide bonds. The number of nitrogens with zero attached hydrogens (tertiary/aromatic N) is 7. The van der Waals surface area contributed by atoms with Crippen molar-refractivity contribution < 1.29 is 0 Å². The van der Waals surface area contributed by atoms with E-state index < -0.39 is 0 Å². The molecule has 7 aromatic rings. The maximum absolute atomic E-state index is 10.3. The minimum Gasteiger partial charge on any atom is -0.339 e. The highest BCUT2D eigenvalue weighted by Crippen LogP contribution is 2.43. The number of aryl methyl sites for hydroxylation is 6. The van der Waals surface area contributed by atoms with Crippen LogP contribution in [0.2, 0.25) is 0 Å². The molecular weight excluding hydrogens is 687 g/mol. The molecule has 0 atom stereocenters. The lowest BCUT2D eigenvalue weighted by Crippen LogP contribution is -2.04. The second-order valence-electron chi connectivity index (χ2n) is 13.6. The molecule has 7 rings (SSSR count). The normalized spacial score (nSPS) is 11.4. The van der Waals surface area contributed by atoms with E-state index in [-0.39, 0.29) is 0 Å². The number of rotatable bonds is 9. The van der Waals surface area contributed by atoms with E-state index in [1.54, 1.807) is 0 Å². The number of nitrogens with one attached hydrogen (secondary N) is 2. The second-order valence-corrected chi connectivity index (χ2v) is 14.6. The van der Waals surface area contributed by atoms with Crippen molar-refractivity contribution in [1.29, 1.82) is 5.26 Å². The molecule has 2 aromatic heterocycles. The first-order valence-corrected chi connectivity index (χ1v) is 18.4. The van der Waals surface area contributed by atoms with E-state index in [0.29, 0.717) is 44.3 Å². The Morgan fingerprint density at radius 2 is 1.15 bits per heavy atom. The zero-order valence-electron chi connectivity index (χ0n) is 31.3. The standard InChI is InChI=1S/C44H39N9S/c1-25-8-14-32(15-9-25)40-43(52-50-35-22-30(6)36-21-28(4)20-29(5)37(36)23-35)54-44(48-40)53-51-39-31(7)38(24-45)41(46-33-16-10-26(2)11-17-33)49-42(39)47-34-18-12-27(3)13-19-34/h8-23H,1-7H3,(H2,46,47,49). The SMILES string of the molecule is Cc1ccc(Nc2nc(Nc3ccc(C)cc3)c(N=Nc3nc(-c4ccc(C)cc4)c(N=Nc4cc(C)c5cc(C)cc(C)c5c4)s3)c(C)c2C#N)cc1. The number of anilines is 4. The van der Waals surface area contributed by atoms with Crippen LogP contribution >= 0.6 is 11.3 Å². The van der Waals surface area contributed by atoms with Crippen molar-refractivity contribution in [3.05, 3.63) is 142 Å². The topological polar surface area (TPSA) is 123 Å². The summed E-state index contributed by atoms with van der Waals surface area (Å²) in [4.78, 5) is 9.78. The zero-order chi connectivity index (χ0) is 37.9. The summed E-state index contributed by atoms with van der Waals surface area (Å²) in [6.07, 6.45) is 0. The Morgan fingerprint density at radius 3 is 1.78 bits per heavy atom. The largest absolute Gasteiger partial charge is 0.339 e. The second kappa shape index (κ2) is 15.2. The summed E-state index contributed by atoms with van der Waals surface area (Å²) in [5, 5.41) is 39.2. The van der Waals surface area contributed by atoms with E-state index in [0.717, 1.165) is 50.3 Å². The first kappa shape index (κ1) is 35.8. The number of fused-ring (bicyclic) bond motifs is 1. The lowest BCUT2D eigenvalue weighted by molar-refractivity contribution is 1.15. The Kier molecular flexibility index (Phi) is 10.1. The molecule has 2 N–H and O–H groups in total. The Balaban J connectivity index is 1.30. The number of pyridine rings is 1. The zero-order valence-corrected chi connectivity index (χ0v) is 32.1. The fraction of sp³-hybridized carbons (Fsp3) is 0.159. The quantitative estimate of drug-likeness (QED) is 0.143. The van der Waals surface area contributed by atoms with Crippen LogP contribution in [0.15, 0.2) is 118 Å². The average molecular weight is 726 g/mol. The number of hydrogen-bond donors (Lipinski definition) is 2. The van der Waals surface area contributed by atoms with E-state index in [9.17, 15) is 5.26 Å². The fourth-order valence-electron chi connectivity index (χ4n) is 6.23. The van der Waals surface area contributed by atoms with Crippen LogP contribution in [0.5, 0.6) is 0 Å². The minimum atomic E-state index is 0.365. The minimum absolute atomic E-state index is 0.365. The first-order valence-electron chi connectivity index (χ1n) is 17.6. The van der Waals surface area contributed by atoms with Crippen LogP contribution < -0.4 is 10.6 Å². The first-order chi connectivity index (χ1) is 26.0. The maximum atomic E-state index is 10.3. The van der Waals surface area contributed by atoms with Crippen molar-refractivity contribution in [1.82, 2.24) is 9.97 Å². The molecule has 0 aliphatic heterocycles. The van der Waals surface area contributed by atoms with Gasteiger partial charge in [-0.05, 0) is 107 Å². The van der Waals surface area contributed by atoms with Crippen molar-refractivity contribution in [2.24, 2.45) is 20.5 Å². The molecule has 0 aliphatic rings. The van der Waals surface area contributed by atoms with Crippen LogP contribution in [0.25, 0.3) is 22.0 Å². The summed E-state index contributed by atoms with van der Waals surface area (Å²) in [6, 6.07) is 34.9. The van der Waals surface area contributed by atoms with Gasteiger partial charge in [0, 0.05) is 22.5 Å². The van der Waals surface area contributed by atoms with Gasteiger partial charge < -0.3 is 10.6 Å².